The minimum Gasteiger partial charge on any atom is -0.472 e. The van der Waals surface area contributed by atoms with Crippen LogP contribution in [0.4, 0.5) is 5.69 Å². The fraction of sp³-hybridized carbons (Fsp3) is 0.235. The van der Waals surface area contributed by atoms with Crippen molar-refractivity contribution in [3.63, 3.8) is 0 Å². The molecule has 1 aromatic carbocycles. The quantitative estimate of drug-likeness (QED) is 0.665. The van der Waals surface area contributed by atoms with Gasteiger partial charge in [0.25, 0.3) is 0 Å². The fourth-order valence-corrected chi connectivity index (χ4v) is 3.39. The van der Waals surface area contributed by atoms with Crippen molar-refractivity contribution in [2.75, 3.05) is 17.9 Å². The van der Waals surface area contributed by atoms with Crippen molar-refractivity contribution >= 4 is 23.4 Å². The van der Waals surface area contributed by atoms with E-state index in [0.717, 1.165) is 11.4 Å². The van der Waals surface area contributed by atoms with Crippen LogP contribution in [-0.4, -0.2) is 33.2 Å². The van der Waals surface area contributed by atoms with E-state index in [1.165, 1.54) is 11.8 Å². The van der Waals surface area contributed by atoms with Gasteiger partial charge >= 0.3 is 0 Å². The molecule has 0 aliphatic carbocycles. The first-order chi connectivity index (χ1) is 12.7. The number of benzene rings is 1. The van der Waals surface area contributed by atoms with E-state index in [-0.39, 0.29) is 18.5 Å². The molecule has 0 saturated heterocycles. The third kappa shape index (κ3) is 3.25. The van der Waals surface area contributed by atoms with Crippen LogP contribution in [0.15, 0.2) is 46.4 Å². The van der Waals surface area contributed by atoms with Crippen LogP contribution in [0, 0.1) is 0 Å². The minimum atomic E-state index is -0.135. The number of fused-ring (bicyclic) bond motifs is 1. The van der Waals surface area contributed by atoms with Gasteiger partial charge in [-0.25, -0.2) is 0 Å². The summed E-state index contributed by atoms with van der Waals surface area (Å²) >= 11 is 1.33. The van der Waals surface area contributed by atoms with Crippen LogP contribution in [0.5, 0.6) is 11.5 Å². The lowest BCUT2D eigenvalue weighted by atomic mass is 10.3. The van der Waals surface area contributed by atoms with Gasteiger partial charge in [0.2, 0.25) is 12.7 Å². The first-order valence-electron chi connectivity index (χ1n) is 8.02. The lowest BCUT2D eigenvalue weighted by Gasteiger charge is -2.07. The summed E-state index contributed by atoms with van der Waals surface area (Å²) in [5, 5.41) is 11.9. The van der Waals surface area contributed by atoms with Crippen LogP contribution < -0.4 is 14.8 Å². The van der Waals surface area contributed by atoms with Crippen molar-refractivity contribution in [1.29, 1.82) is 0 Å². The van der Waals surface area contributed by atoms with Crippen molar-refractivity contribution in [2.45, 2.75) is 18.6 Å². The molecule has 1 aliphatic rings. The minimum absolute atomic E-state index is 0.135. The zero-order chi connectivity index (χ0) is 17.9. The van der Waals surface area contributed by atoms with Crippen LogP contribution in [0.1, 0.15) is 6.92 Å². The molecule has 1 aliphatic heterocycles. The molecule has 134 valence electrons. The highest BCUT2D eigenvalue weighted by molar-refractivity contribution is 7.99. The highest BCUT2D eigenvalue weighted by Crippen LogP contribution is 2.34. The summed E-state index contributed by atoms with van der Waals surface area (Å²) in [6.07, 6.45) is 3.21. The summed E-state index contributed by atoms with van der Waals surface area (Å²) in [7, 11) is 0. The summed E-state index contributed by atoms with van der Waals surface area (Å²) in [4.78, 5) is 12.2. The van der Waals surface area contributed by atoms with E-state index < -0.39 is 0 Å². The zero-order valence-electron chi connectivity index (χ0n) is 14.0. The molecule has 8 nitrogen and oxygen atoms in total. The van der Waals surface area contributed by atoms with Crippen molar-refractivity contribution in [1.82, 2.24) is 14.8 Å². The Bertz CT molecular complexity index is 923. The fourth-order valence-electron chi connectivity index (χ4n) is 2.59. The second kappa shape index (κ2) is 7.12. The van der Waals surface area contributed by atoms with Crippen LogP contribution >= 0.6 is 11.8 Å². The number of nitrogens with one attached hydrogen (secondary N) is 1. The molecule has 0 spiro atoms. The van der Waals surface area contributed by atoms with E-state index in [1.807, 2.05) is 17.6 Å². The normalized spacial score (nSPS) is 12.3. The molecular formula is C17H16N4O4S. The van der Waals surface area contributed by atoms with Gasteiger partial charge in [0.1, 0.15) is 6.26 Å². The average Bonchev–Trinajstić information content (AvgIpc) is 3.38. The number of thioether (sulfide) groups is 1. The van der Waals surface area contributed by atoms with Crippen molar-refractivity contribution in [3.8, 4) is 22.9 Å². The molecule has 1 amide bonds. The molecule has 0 saturated carbocycles. The van der Waals surface area contributed by atoms with Crippen molar-refractivity contribution < 1.29 is 18.7 Å². The predicted octanol–water partition coefficient (Wildman–Crippen LogP) is 3.02. The number of hydrogen-bond donors (Lipinski definition) is 1. The van der Waals surface area contributed by atoms with E-state index in [2.05, 4.69) is 15.5 Å². The maximum atomic E-state index is 12.2. The van der Waals surface area contributed by atoms with Gasteiger partial charge in [0, 0.05) is 18.3 Å². The molecule has 0 fully saturated rings. The van der Waals surface area contributed by atoms with Gasteiger partial charge < -0.3 is 23.8 Å². The molecule has 3 aromatic rings. The van der Waals surface area contributed by atoms with E-state index >= 15 is 0 Å². The molecule has 26 heavy (non-hydrogen) atoms. The number of aromatic nitrogens is 3. The molecule has 0 atom stereocenters. The zero-order valence-corrected chi connectivity index (χ0v) is 14.8. The first kappa shape index (κ1) is 16.5. The number of carbonyl (C=O) groups excluding carboxylic acids is 1. The lowest BCUT2D eigenvalue weighted by Crippen LogP contribution is -2.14. The summed E-state index contributed by atoms with van der Waals surface area (Å²) in [5.74, 6) is 2.12. The van der Waals surface area contributed by atoms with Gasteiger partial charge in [0.05, 0.1) is 17.6 Å². The number of hydrogen-bond acceptors (Lipinski definition) is 7. The maximum absolute atomic E-state index is 12.2. The summed E-state index contributed by atoms with van der Waals surface area (Å²) in [5.41, 5.74) is 1.52. The third-order valence-corrected chi connectivity index (χ3v) is 4.77. The highest BCUT2D eigenvalue weighted by atomic mass is 32.2. The van der Waals surface area contributed by atoms with E-state index in [9.17, 15) is 4.79 Å². The third-order valence-electron chi connectivity index (χ3n) is 3.80. The largest absolute Gasteiger partial charge is 0.472 e. The van der Waals surface area contributed by atoms with Gasteiger partial charge in [0.15, 0.2) is 22.5 Å². The number of rotatable bonds is 6. The Morgan fingerprint density at radius 1 is 1.27 bits per heavy atom. The van der Waals surface area contributed by atoms with E-state index in [4.69, 9.17) is 13.9 Å². The molecule has 3 heterocycles. The van der Waals surface area contributed by atoms with E-state index in [1.54, 1.807) is 30.7 Å². The molecule has 0 radical (unpaired) electrons. The van der Waals surface area contributed by atoms with Gasteiger partial charge in [-0.15, -0.1) is 10.2 Å². The number of carbonyl (C=O) groups is 1. The number of ether oxygens (including phenoxy) is 2. The number of furan rings is 1. The number of anilines is 1. The van der Waals surface area contributed by atoms with Gasteiger partial charge in [-0.05, 0) is 25.1 Å². The molecule has 0 bridgehead atoms. The van der Waals surface area contributed by atoms with Crippen LogP contribution in [0.25, 0.3) is 11.4 Å². The Morgan fingerprint density at radius 3 is 2.96 bits per heavy atom. The Kier molecular flexibility index (Phi) is 4.53. The molecule has 2 aromatic heterocycles. The highest BCUT2D eigenvalue weighted by Gasteiger charge is 2.17. The number of nitrogens with zero attached hydrogens (tertiary/aromatic N) is 3. The molecule has 0 unspecified atom stereocenters. The lowest BCUT2D eigenvalue weighted by molar-refractivity contribution is -0.113. The second-order valence-corrected chi connectivity index (χ2v) is 6.41. The standard InChI is InChI=1S/C17H16N4O4S/c1-2-21-16(11-5-6-23-8-11)19-20-17(21)26-9-15(22)18-12-3-4-13-14(7-12)25-10-24-13/h3-8H,2,9-10H2,1H3,(H,18,22). The Morgan fingerprint density at radius 2 is 2.15 bits per heavy atom. The van der Waals surface area contributed by atoms with Gasteiger partial charge in [-0.2, -0.15) is 0 Å². The molecular weight excluding hydrogens is 356 g/mol. The maximum Gasteiger partial charge on any atom is 0.234 e. The van der Waals surface area contributed by atoms with Crippen molar-refractivity contribution in [3.05, 3.63) is 36.8 Å². The summed E-state index contributed by atoms with van der Waals surface area (Å²) in [6.45, 7) is 2.90. The SMILES string of the molecule is CCn1c(SCC(=O)Nc2ccc3c(c2)OCO3)nnc1-c1ccoc1. The first-order valence-corrected chi connectivity index (χ1v) is 9.01. The van der Waals surface area contributed by atoms with Crippen LogP contribution in [0.2, 0.25) is 0 Å². The van der Waals surface area contributed by atoms with Crippen molar-refractivity contribution in [2.24, 2.45) is 0 Å². The summed E-state index contributed by atoms with van der Waals surface area (Å²) in [6, 6.07) is 7.13. The monoisotopic (exact) mass is 372 g/mol. The summed E-state index contributed by atoms with van der Waals surface area (Å²) < 4.78 is 17.6. The topological polar surface area (TPSA) is 91.4 Å². The van der Waals surface area contributed by atoms with Gasteiger partial charge in [-0.1, -0.05) is 11.8 Å². The Balaban J connectivity index is 1.40. The van der Waals surface area contributed by atoms with Gasteiger partial charge in [-0.3, -0.25) is 4.79 Å². The Hall–Kier alpha value is -2.94. The smallest absolute Gasteiger partial charge is 0.234 e. The average molecular weight is 372 g/mol. The number of amides is 1. The second-order valence-electron chi connectivity index (χ2n) is 5.47. The molecule has 4 rings (SSSR count). The van der Waals surface area contributed by atoms with Crippen LogP contribution in [0.3, 0.4) is 0 Å². The molecule has 1 N–H and O–H groups in total. The van der Waals surface area contributed by atoms with E-state index in [0.29, 0.717) is 28.9 Å². The Labute approximate surface area is 153 Å². The molecule has 9 heteroatoms. The predicted molar refractivity (Wildman–Crippen MR) is 95.3 cm³/mol. The van der Waals surface area contributed by atoms with Crippen LogP contribution in [-0.2, 0) is 11.3 Å².